The van der Waals surface area contributed by atoms with Gasteiger partial charge in [0.1, 0.15) is 11.5 Å². The van der Waals surface area contributed by atoms with E-state index in [0.717, 1.165) is 0 Å². The Morgan fingerprint density at radius 3 is 0.950 bits per heavy atom. The van der Waals surface area contributed by atoms with E-state index in [-0.39, 0.29) is 24.3 Å². The summed E-state index contributed by atoms with van der Waals surface area (Å²) in [6.07, 6.45) is 0. The van der Waals surface area contributed by atoms with Gasteiger partial charge in [-0.05, 0) is 35.4 Å². The lowest BCUT2D eigenvalue weighted by Crippen LogP contribution is -3.08. The number of hydrogen-bond donors (Lipinski definition) is 4. The van der Waals surface area contributed by atoms with Crippen LogP contribution in [0.4, 0.5) is 72.8 Å². The van der Waals surface area contributed by atoms with Crippen molar-refractivity contribution in [3.63, 3.8) is 0 Å². The Bertz CT molecular complexity index is 1340. The predicted molar refractivity (Wildman–Crippen MR) is 106 cm³/mol. The fraction of sp³-hybridized carbons (Fsp3) is 0.455. The topological polar surface area (TPSA) is 92.5 Å². The van der Waals surface area contributed by atoms with Crippen molar-refractivity contribution in [3.8, 4) is 11.5 Å². The van der Waals surface area contributed by atoms with Crippen LogP contribution in [0.1, 0.15) is 11.1 Å². The van der Waals surface area contributed by atoms with E-state index < -0.39 is 104 Å². The highest BCUT2D eigenvalue weighted by molar-refractivity contribution is 5.67. The van der Waals surface area contributed by atoms with Crippen LogP contribution >= 0.6 is 0 Å². The largest absolute Gasteiger partial charge is 0.506 e. The molecule has 4 saturated carbocycles. The molecule has 40 heavy (non-hydrogen) atoms. The Labute approximate surface area is 212 Å². The van der Waals surface area contributed by atoms with Gasteiger partial charge in [-0.15, -0.1) is 0 Å². The number of hydrogen-bond acceptors (Lipinski definition) is 4. The minimum Gasteiger partial charge on any atom is -0.506 e. The molecular formula is C22H12F14N2O2. The van der Waals surface area contributed by atoms with Crippen molar-refractivity contribution in [1.82, 2.24) is 0 Å². The summed E-state index contributed by atoms with van der Waals surface area (Å²) in [6, 6.07) is -1.65. The number of nitrogen functional groups attached to an aromatic ring is 2. The van der Waals surface area contributed by atoms with Gasteiger partial charge >= 0.3 is 41.0 Å². The van der Waals surface area contributed by atoms with Gasteiger partial charge < -0.3 is 21.7 Å². The quantitative estimate of drug-likeness (QED) is 0.202. The molecule has 0 radical (unpaired) electrons. The fourth-order valence-corrected chi connectivity index (χ4v) is 6.58. The van der Waals surface area contributed by atoms with Crippen molar-refractivity contribution in [3.05, 3.63) is 47.5 Å². The van der Waals surface area contributed by atoms with E-state index in [1.54, 1.807) is 0 Å². The van der Waals surface area contributed by atoms with Gasteiger partial charge in [0.05, 0.1) is 11.4 Å². The lowest BCUT2D eigenvalue weighted by Gasteiger charge is -2.77. The third kappa shape index (κ3) is 1.93. The summed E-state index contributed by atoms with van der Waals surface area (Å²) in [7, 11) is 0. The molecule has 0 aromatic heterocycles. The number of halogens is 14. The van der Waals surface area contributed by atoms with Crippen LogP contribution in [0, 0.1) is 0 Å². The van der Waals surface area contributed by atoms with E-state index in [2.05, 4.69) is 0 Å². The van der Waals surface area contributed by atoms with Crippen LogP contribution in [-0.4, -0.2) is 57.1 Å². The molecule has 2 aromatic rings. The molecule has 0 aliphatic heterocycles. The van der Waals surface area contributed by atoms with Crippen LogP contribution in [0.2, 0.25) is 0 Å². The average Bonchev–Trinajstić information content (AvgIpc) is 2.79. The van der Waals surface area contributed by atoms with E-state index in [4.69, 9.17) is 11.5 Å². The molecule has 0 atom stereocenters. The molecule has 4 bridgehead atoms. The maximum Gasteiger partial charge on any atom is 0.339 e. The van der Waals surface area contributed by atoms with E-state index in [1.807, 2.05) is 0 Å². The van der Waals surface area contributed by atoms with Gasteiger partial charge in [0.2, 0.25) is 0 Å². The minimum absolute atomic E-state index is 0.0129. The van der Waals surface area contributed by atoms with Crippen LogP contribution in [0.25, 0.3) is 0 Å². The SMILES string of the molecule is Nc1cc(C23C(F)(F)C4(F)C(F)(F)C(F)(C2(F)F)C(F)(F)C(c2ccc(O)c(N)c2)(C4(F)F)C3(F)F)ccc1O. The summed E-state index contributed by atoms with van der Waals surface area (Å²) in [4.78, 5) is 0. The highest BCUT2D eigenvalue weighted by Crippen LogP contribution is 2.92. The van der Waals surface area contributed by atoms with Gasteiger partial charge in [-0.3, -0.25) is 0 Å². The van der Waals surface area contributed by atoms with E-state index in [0.29, 0.717) is 0 Å². The maximum atomic E-state index is 16.5. The molecule has 220 valence electrons. The zero-order valence-corrected chi connectivity index (χ0v) is 18.8. The van der Waals surface area contributed by atoms with Gasteiger partial charge in [-0.1, -0.05) is 12.1 Å². The molecule has 0 spiro atoms. The van der Waals surface area contributed by atoms with Crippen LogP contribution in [0.15, 0.2) is 36.4 Å². The van der Waals surface area contributed by atoms with Crippen molar-refractivity contribution in [1.29, 1.82) is 0 Å². The molecule has 0 unspecified atom stereocenters. The maximum absolute atomic E-state index is 16.5. The molecule has 4 nitrogen and oxygen atoms in total. The minimum atomic E-state index is -7.76. The van der Waals surface area contributed by atoms with Gasteiger partial charge in [0.15, 0.2) is 10.8 Å². The number of alkyl halides is 14. The number of anilines is 2. The number of phenols is 2. The standard InChI is InChI=1S/C22H12F14N2O2/c23-15-18(27,28)13(7-1-3-11(39)9(37)5-7)17(25,26)14(20(15,31)32,8-2-4-12(40)10(38)6-8)21(33,34)16(24,19(13,29)30)22(15,35)36/h1-6,39-40H,37-38H2. The van der Waals surface area contributed by atoms with Crippen molar-refractivity contribution < 1.29 is 71.7 Å². The second-order valence-corrected chi connectivity index (χ2v) is 9.81. The Hall–Kier alpha value is -3.34. The van der Waals surface area contributed by atoms with Crippen molar-refractivity contribution in [2.45, 2.75) is 57.7 Å². The van der Waals surface area contributed by atoms with Crippen LogP contribution in [0.3, 0.4) is 0 Å². The first-order valence-electron chi connectivity index (χ1n) is 10.6. The number of nitrogens with two attached hydrogens (primary N) is 2. The van der Waals surface area contributed by atoms with Gasteiger partial charge in [-0.2, -0.15) is 8.78 Å². The lowest BCUT2D eigenvalue weighted by atomic mass is 9.31. The molecule has 0 heterocycles. The third-order valence-corrected chi connectivity index (χ3v) is 8.34. The van der Waals surface area contributed by atoms with E-state index in [9.17, 15) is 10.2 Å². The van der Waals surface area contributed by atoms with Crippen molar-refractivity contribution >= 4 is 11.4 Å². The zero-order valence-electron chi connectivity index (χ0n) is 18.8. The van der Waals surface area contributed by atoms with Crippen LogP contribution in [-0.2, 0) is 10.8 Å². The zero-order chi connectivity index (χ0) is 30.7. The van der Waals surface area contributed by atoms with Gasteiger partial charge in [0.25, 0.3) is 5.92 Å². The summed E-state index contributed by atoms with van der Waals surface area (Å²) in [5.41, 5.74) is -25.7. The average molecular weight is 602 g/mol. The van der Waals surface area contributed by atoms with E-state index in [1.165, 1.54) is 0 Å². The van der Waals surface area contributed by atoms with Crippen molar-refractivity contribution in [2.24, 2.45) is 0 Å². The summed E-state index contributed by atoms with van der Waals surface area (Å²) >= 11 is 0. The first kappa shape index (κ1) is 28.2. The first-order chi connectivity index (χ1) is 17.8. The summed E-state index contributed by atoms with van der Waals surface area (Å²) in [6.45, 7) is 0. The summed E-state index contributed by atoms with van der Waals surface area (Å²) in [5, 5.41) is 19.0. The van der Waals surface area contributed by atoms with E-state index >= 15 is 61.5 Å². The highest BCUT2D eigenvalue weighted by Gasteiger charge is 3.21. The normalized spacial score (nSPS) is 38.8. The molecule has 4 fully saturated rings. The Morgan fingerprint density at radius 2 is 0.700 bits per heavy atom. The number of phenolic OH excluding ortho intramolecular Hbond substituents is 2. The fourth-order valence-electron chi connectivity index (χ4n) is 6.58. The molecule has 6 N–H and O–H groups in total. The second kappa shape index (κ2) is 6.58. The van der Waals surface area contributed by atoms with Crippen molar-refractivity contribution in [2.75, 3.05) is 11.5 Å². The summed E-state index contributed by atoms with van der Waals surface area (Å²) < 4.78 is 222. The number of benzene rings is 2. The number of aromatic hydroxyl groups is 2. The Balaban J connectivity index is 2.17. The molecule has 4 aliphatic carbocycles. The molecule has 0 saturated heterocycles. The molecule has 2 aromatic carbocycles. The monoisotopic (exact) mass is 602 g/mol. The molecule has 0 amide bonds. The Kier molecular flexibility index (Phi) is 4.64. The molecule has 18 heteroatoms. The Morgan fingerprint density at radius 1 is 0.425 bits per heavy atom. The van der Waals surface area contributed by atoms with Crippen LogP contribution in [0.5, 0.6) is 11.5 Å². The highest BCUT2D eigenvalue weighted by atomic mass is 19.3. The first-order valence-corrected chi connectivity index (χ1v) is 10.6. The second-order valence-electron chi connectivity index (χ2n) is 9.81. The predicted octanol–water partition coefficient (Wildman–Crippen LogP) is 5.71. The smallest absolute Gasteiger partial charge is 0.339 e. The van der Waals surface area contributed by atoms with Gasteiger partial charge in [0, 0.05) is 0 Å². The van der Waals surface area contributed by atoms with Crippen LogP contribution < -0.4 is 11.5 Å². The lowest BCUT2D eigenvalue weighted by molar-refractivity contribution is -0.584. The number of rotatable bonds is 2. The molecule has 4 aliphatic rings. The molecular weight excluding hydrogens is 590 g/mol. The van der Waals surface area contributed by atoms with Gasteiger partial charge in [-0.25, -0.2) is 52.7 Å². The third-order valence-electron chi connectivity index (χ3n) is 8.34. The molecule has 6 rings (SSSR count). The summed E-state index contributed by atoms with van der Waals surface area (Å²) in [5.74, 6) is -47.2.